The van der Waals surface area contributed by atoms with Gasteiger partial charge in [0, 0.05) is 0 Å². The molecule has 68 valence electrons. The van der Waals surface area contributed by atoms with Gasteiger partial charge in [0.25, 0.3) is 0 Å². The van der Waals surface area contributed by atoms with Crippen LogP contribution < -0.4 is 0 Å². The lowest BCUT2D eigenvalue weighted by atomic mass is 9.91. The lowest BCUT2D eigenvalue weighted by Crippen LogP contribution is -2.04. The molecule has 0 aromatic rings. The highest BCUT2D eigenvalue weighted by atomic mass is 16.5. The van der Waals surface area contributed by atoms with Gasteiger partial charge in [0.1, 0.15) is 5.76 Å². The van der Waals surface area contributed by atoms with Crippen molar-refractivity contribution in [3.8, 4) is 0 Å². The fourth-order valence-electron chi connectivity index (χ4n) is 1.58. The second kappa shape index (κ2) is 4.34. The molecule has 0 saturated carbocycles. The fraction of sp³-hybridized carbons (Fsp3) is 0.636. The van der Waals surface area contributed by atoms with Gasteiger partial charge in [-0.15, -0.1) is 0 Å². The summed E-state index contributed by atoms with van der Waals surface area (Å²) in [6, 6.07) is 0. The molecule has 0 N–H and O–H groups in total. The lowest BCUT2D eigenvalue weighted by Gasteiger charge is -2.17. The highest BCUT2D eigenvalue weighted by Gasteiger charge is 2.10. The van der Waals surface area contributed by atoms with Crippen LogP contribution in [0.15, 0.2) is 24.0 Å². The molecule has 0 aliphatic heterocycles. The number of hydrogen-bond acceptors (Lipinski definition) is 1. The van der Waals surface area contributed by atoms with Gasteiger partial charge in [0.2, 0.25) is 0 Å². The second-order valence-corrected chi connectivity index (χ2v) is 3.80. The summed E-state index contributed by atoms with van der Waals surface area (Å²) in [5.74, 6) is 2.52. The summed E-state index contributed by atoms with van der Waals surface area (Å²) in [7, 11) is 1.72. The van der Waals surface area contributed by atoms with Crippen LogP contribution in [0.25, 0.3) is 0 Å². The molecular weight excluding hydrogens is 148 g/mol. The largest absolute Gasteiger partial charge is 0.497 e. The fourth-order valence-corrected chi connectivity index (χ4v) is 1.58. The molecule has 12 heavy (non-hydrogen) atoms. The Morgan fingerprint density at radius 2 is 2.33 bits per heavy atom. The molecule has 1 aliphatic rings. The van der Waals surface area contributed by atoms with Crippen LogP contribution in [-0.4, -0.2) is 7.11 Å². The molecule has 0 amide bonds. The third kappa shape index (κ3) is 2.72. The van der Waals surface area contributed by atoms with Crippen LogP contribution in [0.2, 0.25) is 0 Å². The first-order chi connectivity index (χ1) is 5.72. The molecule has 0 aromatic carbocycles. The second-order valence-electron chi connectivity index (χ2n) is 3.80. The van der Waals surface area contributed by atoms with Gasteiger partial charge < -0.3 is 4.74 Å². The van der Waals surface area contributed by atoms with Crippen molar-refractivity contribution < 1.29 is 4.74 Å². The molecule has 0 spiro atoms. The minimum Gasteiger partial charge on any atom is -0.497 e. The zero-order valence-electron chi connectivity index (χ0n) is 8.21. The number of ether oxygens (including phenoxy) is 1. The Morgan fingerprint density at radius 3 is 2.75 bits per heavy atom. The molecule has 1 nitrogen and oxygen atoms in total. The summed E-state index contributed by atoms with van der Waals surface area (Å²) in [6.45, 7) is 4.53. The number of rotatable bonds is 3. The summed E-state index contributed by atoms with van der Waals surface area (Å²) >= 11 is 0. The molecular formula is C11H18O. The molecule has 1 unspecified atom stereocenters. The van der Waals surface area contributed by atoms with Gasteiger partial charge in [-0.25, -0.2) is 0 Å². The van der Waals surface area contributed by atoms with E-state index >= 15 is 0 Å². The first kappa shape index (κ1) is 9.37. The van der Waals surface area contributed by atoms with Crippen molar-refractivity contribution >= 4 is 0 Å². The maximum absolute atomic E-state index is 5.12. The van der Waals surface area contributed by atoms with Gasteiger partial charge in [-0.1, -0.05) is 19.9 Å². The van der Waals surface area contributed by atoms with Crippen LogP contribution in [0.1, 0.15) is 26.7 Å². The standard InChI is InChI=1S/C11H18O/c1-9(2)8-10-4-6-11(12-3)7-5-10/h4,6-7,9-10H,5,8H2,1-3H3. The predicted molar refractivity (Wildman–Crippen MR) is 51.8 cm³/mol. The van der Waals surface area contributed by atoms with Crippen molar-refractivity contribution in [2.24, 2.45) is 11.8 Å². The normalized spacial score (nSPS) is 22.7. The van der Waals surface area contributed by atoms with Crippen molar-refractivity contribution in [3.05, 3.63) is 24.0 Å². The summed E-state index contributed by atoms with van der Waals surface area (Å²) in [5, 5.41) is 0. The van der Waals surface area contributed by atoms with Crippen molar-refractivity contribution in [1.29, 1.82) is 0 Å². The molecule has 0 fully saturated rings. The predicted octanol–water partition coefficient (Wildman–Crippen LogP) is 3.14. The molecule has 0 heterocycles. The van der Waals surface area contributed by atoms with E-state index in [4.69, 9.17) is 4.74 Å². The van der Waals surface area contributed by atoms with E-state index in [0.29, 0.717) is 0 Å². The van der Waals surface area contributed by atoms with Crippen LogP contribution in [0.4, 0.5) is 0 Å². The highest BCUT2D eigenvalue weighted by Crippen LogP contribution is 2.22. The molecule has 0 radical (unpaired) electrons. The van der Waals surface area contributed by atoms with E-state index in [2.05, 4.69) is 32.1 Å². The van der Waals surface area contributed by atoms with Gasteiger partial charge in [0.05, 0.1) is 7.11 Å². The van der Waals surface area contributed by atoms with Gasteiger partial charge in [0.15, 0.2) is 0 Å². The zero-order chi connectivity index (χ0) is 8.97. The van der Waals surface area contributed by atoms with Crippen molar-refractivity contribution in [3.63, 3.8) is 0 Å². The van der Waals surface area contributed by atoms with Crippen LogP contribution in [-0.2, 0) is 4.74 Å². The molecule has 1 aliphatic carbocycles. The lowest BCUT2D eigenvalue weighted by molar-refractivity contribution is 0.299. The Labute approximate surface area is 75.1 Å². The van der Waals surface area contributed by atoms with Gasteiger partial charge in [-0.3, -0.25) is 0 Å². The molecule has 0 bridgehead atoms. The summed E-state index contributed by atoms with van der Waals surface area (Å²) in [4.78, 5) is 0. The van der Waals surface area contributed by atoms with Crippen molar-refractivity contribution in [1.82, 2.24) is 0 Å². The first-order valence-electron chi connectivity index (χ1n) is 4.64. The first-order valence-corrected chi connectivity index (χ1v) is 4.64. The molecule has 1 rings (SSSR count). The topological polar surface area (TPSA) is 9.23 Å². The van der Waals surface area contributed by atoms with Gasteiger partial charge in [-0.05, 0) is 36.8 Å². The Balaban J connectivity index is 2.38. The number of hydrogen-bond donors (Lipinski definition) is 0. The number of methoxy groups -OCH3 is 1. The zero-order valence-corrected chi connectivity index (χ0v) is 8.21. The van der Waals surface area contributed by atoms with Crippen LogP contribution >= 0.6 is 0 Å². The van der Waals surface area contributed by atoms with E-state index in [1.54, 1.807) is 7.11 Å². The van der Waals surface area contributed by atoms with E-state index in [1.165, 1.54) is 6.42 Å². The van der Waals surface area contributed by atoms with Crippen LogP contribution in [0, 0.1) is 11.8 Å². The smallest absolute Gasteiger partial charge is 0.114 e. The minimum absolute atomic E-state index is 0.726. The van der Waals surface area contributed by atoms with Crippen LogP contribution in [0.5, 0.6) is 0 Å². The SMILES string of the molecule is COC1=CCC(CC(C)C)C=C1. The highest BCUT2D eigenvalue weighted by molar-refractivity contribution is 5.18. The van der Waals surface area contributed by atoms with E-state index in [-0.39, 0.29) is 0 Å². The van der Waals surface area contributed by atoms with E-state index in [1.807, 2.05) is 0 Å². The Bertz CT molecular complexity index is 189. The third-order valence-electron chi connectivity index (χ3n) is 2.16. The van der Waals surface area contributed by atoms with E-state index < -0.39 is 0 Å². The van der Waals surface area contributed by atoms with E-state index in [9.17, 15) is 0 Å². The van der Waals surface area contributed by atoms with E-state index in [0.717, 1.165) is 24.0 Å². The summed E-state index contributed by atoms with van der Waals surface area (Å²) in [6.07, 6.45) is 8.93. The monoisotopic (exact) mass is 166 g/mol. The molecule has 0 saturated heterocycles. The average Bonchev–Trinajstić information content (AvgIpc) is 2.05. The van der Waals surface area contributed by atoms with Gasteiger partial charge in [-0.2, -0.15) is 0 Å². The Morgan fingerprint density at radius 1 is 1.58 bits per heavy atom. The minimum atomic E-state index is 0.726. The summed E-state index contributed by atoms with van der Waals surface area (Å²) in [5.41, 5.74) is 0. The quantitative estimate of drug-likeness (QED) is 0.626. The average molecular weight is 166 g/mol. The Hall–Kier alpha value is -0.720. The molecule has 1 atom stereocenters. The number of allylic oxidation sites excluding steroid dienone is 3. The maximum atomic E-state index is 5.12. The maximum Gasteiger partial charge on any atom is 0.114 e. The van der Waals surface area contributed by atoms with Crippen LogP contribution in [0.3, 0.4) is 0 Å². The molecule has 0 aromatic heterocycles. The molecule has 1 heteroatoms. The third-order valence-corrected chi connectivity index (χ3v) is 2.16. The summed E-state index contributed by atoms with van der Waals surface area (Å²) < 4.78 is 5.12. The van der Waals surface area contributed by atoms with Gasteiger partial charge >= 0.3 is 0 Å². The Kier molecular flexibility index (Phi) is 3.39. The van der Waals surface area contributed by atoms with Crippen molar-refractivity contribution in [2.75, 3.05) is 7.11 Å². The van der Waals surface area contributed by atoms with Crippen molar-refractivity contribution in [2.45, 2.75) is 26.7 Å².